The van der Waals surface area contributed by atoms with Gasteiger partial charge in [0.2, 0.25) is 0 Å². The van der Waals surface area contributed by atoms with E-state index in [0.29, 0.717) is 5.92 Å². The number of rotatable bonds is 3. The summed E-state index contributed by atoms with van der Waals surface area (Å²) in [6.45, 7) is 14.0. The van der Waals surface area contributed by atoms with Crippen molar-refractivity contribution in [1.29, 1.82) is 0 Å². The maximum atomic E-state index is 13.1. The summed E-state index contributed by atoms with van der Waals surface area (Å²) in [6, 6.07) is 14.8. The number of piperidine rings is 1. The van der Waals surface area contributed by atoms with Crippen LogP contribution in [0.3, 0.4) is 0 Å². The summed E-state index contributed by atoms with van der Waals surface area (Å²) in [4.78, 5) is 23.6. The zero-order valence-corrected chi connectivity index (χ0v) is 23.5. The average molecular weight is 515 g/mol. The van der Waals surface area contributed by atoms with Crippen LogP contribution in [0, 0.1) is 5.92 Å². The van der Waals surface area contributed by atoms with Crippen LogP contribution in [0.25, 0.3) is 22.2 Å². The SMILES string of the molecule is CC(C)(C)OC(=O)N1[C@@H]2CC[C@@H](C2)[C@H]1c1nc2ccc(-c3ccc(B4OC(C)(C)C(C)(C)O4)cc3)cc2[nH]1. The minimum atomic E-state index is -0.524. The van der Waals surface area contributed by atoms with E-state index in [-0.39, 0.29) is 36.5 Å². The quantitative estimate of drug-likeness (QED) is 0.434. The summed E-state index contributed by atoms with van der Waals surface area (Å²) in [7, 11) is -0.374. The summed E-state index contributed by atoms with van der Waals surface area (Å²) in [5.74, 6) is 1.27. The molecule has 3 fully saturated rings. The maximum Gasteiger partial charge on any atom is 0.494 e. The van der Waals surface area contributed by atoms with E-state index >= 15 is 0 Å². The normalized spacial score (nSPS) is 25.9. The lowest BCUT2D eigenvalue weighted by Crippen LogP contribution is -2.43. The van der Waals surface area contributed by atoms with Gasteiger partial charge in [-0.1, -0.05) is 30.3 Å². The molecule has 2 bridgehead atoms. The van der Waals surface area contributed by atoms with Crippen molar-refractivity contribution in [3.05, 3.63) is 48.3 Å². The van der Waals surface area contributed by atoms with Crippen LogP contribution in [0.15, 0.2) is 42.5 Å². The predicted molar refractivity (Wildman–Crippen MR) is 149 cm³/mol. The van der Waals surface area contributed by atoms with Crippen LogP contribution in [0.1, 0.15) is 79.6 Å². The number of carbonyl (C=O) groups excluding carboxylic acids is 1. The van der Waals surface area contributed by atoms with E-state index in [4.69, 9.17) is 19.0 Å². The highest BCUT2D eigenvalue weighted by Crippen LogP contribution is 2.50. The molecule has 7 nitrogen and oxygen atoms in total. The molecule has 3 heterocycles. The van der Waals surface area contributed by atoms with Crippen molar-refractivity contribution in [2.75, 3.05) is 0 Å². The van der Waals surface area contributed by atoms with Crippen molar-refractivity contribution in [2.24, 2.45) is 5.92 Å². The summed E-state index contributed by atoms with van der Waals surface area (Å²) < 4.78 is 18.2. The summed E-state index contributed by atoms with van der Waals surface area (Å²) >= 11 is 0. The monoisotopic (exact) mass is 515 g/mol. The second-order valence-corrected chi connectivity index (χ2v) is 13.1. The zero-order chi connectivity index (χ0) is 27.0. The second-order valence-electron chi connectivity index (χ2n) is 13.1. The van der Waals surface area contributed by atoms with Crippen LogP contribution in [-0.2, 0) is 14.0 Å². The number of imidazole rings is 1. The molecular formula is C30H38BN3O4. The van der Waals surface area contributed by atoms with Gasteiger partial charge < -0.3 is 19.0 Å². The molecule has 1 amide bonds. The van der Waals surface area contributed by atoms with E-state index < -0.39 is 5.60 Å². The van der Waals surface area contributed by atoms with E-state index in [2.05, 4.69) is 75.1 Å². The molecular weight excluding hydrogens is 477 g/mol. The van der Waals surface area contributed by atoms with Gasteiger partial charge in [0.15, 0.2) is 0 Å². The Labute approximate surface area is 225 Å². The van der Waals surface area contributed by atoms with Gasteiger partial charge in [0.25, 0.3) is 0 Å². The highest BCUT2D eigenvalue weighted by atomic mass is 16.7. The molecule has 3 aromatic rings. The first-order chi connectivity index (χ1) is 17.8. The third-order valence-corrected chi connectivity index (χ3v) is 8.74. The number of ether oxygens (including phenoxy) is 1. The van der Waals surface area contributed by atoms with Crippen LogP contribution >= 0.6 is 0 Å². The van der Waals surface area contributed by atoms with Gasteiger partial charge in [-0.05, 0) is 102 Å². The third-order valence-electron chi connectivity index (χ3n) is 8.74. The fraction of sp³-hybridized carbons (Fsp3) is 0.533. The first-order valence-corrected chi connectivity index (χ1v) is 13.8. The Hall–Kier alpha value is -2.84. The van der Waals surface area contributed by atoms with Gasteiger partial charge in [-0.25, -0.2) is 9.78 Å². The zero-order valence-electron chi connectivity index (χ0n) is 23.5. The molecule has 2 saturated heterocycles. The van der Waals surface area contributed by atoms with Crippen LogP contribution < -0.4 is 5.46 Å². The number of carbonyl (C=O) groups is 1. The average Bonchev–Trinajstić information content (AvgIpc) is 3.59. The highest BCUT2D eigenvalue weighted by Gasteiger charge is 2.52. The maximum absolute atomic E-state index is 13.1. The Balaban J connectivity index is 1.25. The molecule has 0 radical (unpaired) electrons. The summed E-state index contributed by atoms with van der Waals surface area (Å²) in [5.41, 5.74) is 3.85. The number of hydrogen-bond acceptors (Lipinski definition) is 5. The molecule has 8 heteroatoms. The molecule has 1 N–H and O–H groups in total. The lowest BCUT2D eigenvalue weighted by atomic mass is 9.78. The van der Waals surface area contributed by atoms with Crippen LogP contribution in [0.5, 0.6) is 0 Å². The largest absolute Gasteiger partial charge is 0.494 e. The Morgan fingerprint density at radius 3 is 2.34 bits per heavy atom. The van der Waals surface area contributed by atoms with Crippen molar-refractivity contribution in [3.63, 3.8) is 0 Å². The van der Waals surface area contributed by atoms with Gasteiger partial charge in [-0.15, -0.1) is 0 Å². The van der Waals surface area contributed by atoms with E-state index in [0.717, 1.165) is 52.7 Å². The molecule has 200 valence electrons. The van der Waals surface area contributed by atoms with Crippen molar-refractivity contribution in [1.82, 2.24) is 14.9 Å². The van der Waals surface area contributed by atoms with Crippen molar-refractivity contribution < 1.29 is 18.8 Å². The number of benzene rings is 2. The molecule has 1 aliphatic carbocycles. The number of aromatic nitrogens is 2. The standard InChI is InChI=1S/C30H38BN3O4/c1-28(2,3)36-27(35)34-22-14-10-20(16-22)25(34)26-32-23-15-11-19(17-24(23)33-26)18-8-12-21(13-9-18)31-37-29(4,5)30(6,7)38-31/h8-9,11-13,15,17,20,22,25H,10,14,16H2,1-7H3,(H,32,33)/t20-,22+,25-/m0/s1. The number of hydrogen-bond donors (Lipinski definition) is 1. The molecule has 1 saturated carbocycles. The molecule has 38 heavy (non-hydrogen) atoms. The number of amides is 1. The molecule has 2 aliphatic heterocycles. The summed E-state index contributed by atoms with van der Waals surface area (Å²) in [6.07, 6.45) is 2.93. The summed E-state index contributed by atoms with van der Waals surface area (Å²) in [5, 5.41) is 0. The van der Waals surface area contributed by atoms with Gasteiger partial charge in [0.1, 0.15) is 11.4 Å². The van der Waals surface area contributed by atoms with E-state index in [9.17, 15) is 4.79 Å². The van der Waals surface area contributed by atoms with Crippen LogP contribution in [0.2, 0.25) is 0 Å². The lowest BCUT2D eigenvalue weighted by Gasteiger charge is -2.35. The molecule has 1 aromatic heterocycles. The Morgan fingerprint density at radius 2 is 1.68 bits per heavy atom. The van der Waals surface area contributed by atoms with Gasteiger partial charge in [0, 0.05) is 6.04 Å². The number of nitrogens with one attached hydrogen (secondary N) is 1. The smallest absolute Gasteiger partial charge is 0.444 e. The molecule has 0 unspecified atom stereocenters. The first kappa shape index (κ1) is 25.4. The molecule has 0 spiro atoms. The molecule has 2 aromatic carbocycles. The minimum absolute atomic E-state index is 0.0707. The first-order valence-electron chi connectivity index (χ1n) is 13.8. The highest BCUT2D eigenvalue weighted by molar-refractivity contribution is 6.62. The van der Waals surface area contributed by atoms with Gasteiger partial charge >= 0.3 is 13.2 Å². The molecule has 6 rings (SSSR count). The Bertz CT molecular complexity index is 1360. The predicted octanol–water partition coefficient (Wildman–Crippen LogP) is 5.99. The van der Waals surface area contributed by atoms with Crippen LogP contribution in [-0.4, -0.2) is 50.9 Å². The Kier molecular flexibility index (Phi) is 5.75. The van der Waals surface area contributed by atoms with Crippen LogP contribution in [0.4, 0.5) is 4.79 Å². The number of aromatic amines is 1. The van der Waals surface area contributed by atoms with E-state index in [1.54, 1.807) is 0 Å². The Morgan fingerprint density at radius 1 is 1.03 bits per heavy atom. The van der Waals surface area contributed by atoms with Gasteiger partial charge in [-0.3, -0.25) is 4.90 Å². The third kappa shape index (κ3) is 4.32. The second kappa shape index (κ2) is 8.58. The number of likely N-dealkylation sites (tertiary alicyclic amines) is 1. The van der Waals surface area contributed by atoms with E-state index in [1.807, 2.05) is 25.7 Å². The number of H-pyrrole nitrogens is 1. The van der Waals surface area contributed by atoms with Crippen molar-refractivity contribution >= 4 is 29.7 Å². The van der Waals surface area contributed by atoms with Gasteiger partial charge in [-0.2, -0.15) is 0 Å². The fourth-order valence-corrected chi connectivity index (χ4v) is 6.08. The van der Waals surface area contributed by atoms with Gasteiger partial charge in [0.05, 0.1) is 28.3 Å². The number of nitrogens with zero attached hydrogens (tertiary/aromatic N) is 2. The molecule has 3 atom stereocenters. The van der Waals surface area contributed by atoms with Crippen molar-refractivity contribution in [2.45, 2.75) is 96.6 Å². The topological polar surface area (TPSA) is 76.7 Å². The molecule has 3 aliphatic rings. The fourth-order valence-electron chi connectivity index (χ4n) is 6.08. The van der Waals surface area contributed by atoms with E-state index in [1.165, 1.54) is 0 Å². The van der Waals surface area contributed by atoms with Crippen molar-refractivity contribution in [3.8, 4) is 11.1 Å². The minimum Gasteiger partial charge on any atom is -0.444 e. The lowest BCUT2D eigenvalue weighted by molar-refractivity contribution is 0.00578. The number of fused-ring (bicyclic) bond motifs is 3.